The Kier molecular flexibility index (Phi) is 5.67. The minimum Gasteiger partial charge on any atom is -0.318 e. The highest BCUT2D eigenvalue weighted by Crippen LogP contribution is 2.35. The number of carbonyl (C=O) groups excluding carboxylic acids is 1. The van der Waals surface area contributed by atoms with Crippen LogP contribution in [0.4, 0.5) is 8.78 Å². The van der Waals surface area contributed by atoms with Crippen LogP contribution in [0.2, 0.25) is 0 Å². The molecule has 1 amide bonds. The first-order valence-corrected chi connectivity index (χ1v) is 7.95. The lowest BCUT2D eigenvalue weighted by Gasteiger charge is -2.21. The number of rotatable bonds is 7. The average Bonchev–Trinajstić information content (AvgIpc) is 2.79. The van der Waals surface area contributed by atoms with Crippen molar-refractivity contribution in [1.82, 2.24) is 9.80 Å². The summed E-state index contributed by atoms with van der Waals surface area (Å²) in [6, 6.07) is 2.86. The van der Waals surface area contributed by atoms with Crippen LogP contribution in [-0.2, 0) is 0 Å². The van der Waals surface area contributed by atoms with Crippen molar-refractivity contribution in [1.29, 1.82) is 5.26 Å². The molecule has 0 spiro atoms. The van der Waals surface area contributed by atoms with Gasteiger partial charge in [0.05, 0.1) is 11.6 Å². The first kappa shape index (κ1) is 17.4. The van der Waals surface area contributed by atoms with Gasteiger partial charge in [-0.25, -0.2) is 8.78 Å². The molecule has 0 fully saturated rings. The first-order valence-electron chi connectivity index (χ1n) is 7.95. The second kappa shape index (κ2) is 7.51. The zero-order valence-electron chi connectivity index (χ0n) is 13.5. The summed E-state index contributed by atoms with van der Waals surface area (Å²) in [7, 11) is 0. The molecule has 4 nitrogen and oxygen atoms in total. The Morgan fingerprint density at radius 3 is 2.57 bits per heavy atom. The van der Waals surface area contributed by atoms with E-state index in [1.165, 1.54) is 4.90 Å². The largest absolute Gasteiger partial charge is 0.318 e. The summed E-state index contributed by atoms with van der Waals surface area (Å²) in [5.41, 5.74) is -0.0274. The van der Waals surface area contributed by atoms with Gasteiger partial charge in [0.2, 0.25) is 0 Å². The molecule has 0 N–H and O–H groups in total. The molecular formula is C17H21F2N3O. The first-order chi connectivity index (χ1) is 11.0. The molecule has 0 saturated heterocycles. The summed E-state index contributed by atoms with van der Waals surface area (Å²) in [4.78, 5) is 16.0. The molecule has 0 aliphatic carbocycles. The highest BCUT2D eigenvalue weighted by molar-refractivity contribution is 6.00. The van der Waals surface area contributed by atoms with Crippen LogP contribution in [0.15, 0.2) is 12.1 Å². The summed E-state index contributed by atoms with van der Waals surface area (Å²) in [6.45, 7) is 7.41. The van der Waals surface area contributed by atoms with E-state index < -0.39 is 23.6 Å². The normalized spacial score (nSPS) is 16.8. The third kappa shape index (κ3) is 3.50. The molecule has 1 atom stereocenters. The van der Waals surface area contributed by atoms with Crippen molar-refractivity contribution in [2.24, 2.45) is 0 Å². The van der Waals surface area contributed by atoms with E-state index in [1.807, 2.05) is 6.07 Å². The molecule has 1 aliphatic heterocycles. The van der Waals surface area contributed by atoms with Crippen molar-refractivity contribution >= 4 is 5.91 Å². The minimum absolute atomic E-state index is 0.138. The Morgan fingerprint density at radius 1 is 1.26 bits per heavy atom. The third-order valence-electron chi connectivity index (χ3n) is 4.31. The molecule has 2 rings (SSSR count). The molecule has 124 valence electrons. The molecule has 0 saturated carbocycles. The highest BCUT2D eigenvalue weighted by Gasteiger charge is 2.39. The zero-order chi connectivity index (χ0) is 17.0. The number of carbonyl (C=O) groups is 1. The van der Waals surface area contributed by atoms with E-state index in [2.05, 4.69) is 18.7 Å². The van der Waals surface area contributed by atoms with Crippen LogP contribution < -0.4 is 0 Å². The molecule has 0 bridgehead atoms. The Balaban J connectivity index is 2.05. The Morgan fingerprint density at radius 2 is 1.96 bits per heavy atom. The number of amides is 1. The van der Waals surface area contributed by atoms with Gasteiger partial charge in [-0.15, -0.1) is 0 Å². The van der Waals surface area contributed by atoms with Crippen molar-refractivity contribution < 1.29 is 13.6 Å². The molecule has 1 aromatic rings. The van der Waals surface area contributed by atoms with Crippen molar-refractivity contribution in [3.05, 3.63) is 34.9 Å². The van der Waals surface area contributed by atoms with Crippen LogP contribution in [0.3, 0.4) is 0 Å². The Hall–Kier alpha value is -2.00. The van der Waals surface area contributed by atoms with Gasteiger partial charge in [0.1, 0.15) is 17.7 Å². The maximum atomic E-state index is 13.9. The Bertz CT molecular complexity index is 623. The Labute approximate surface area is 135 Å². The van der Waals surface area contributed by atoms with E-state index in [9.17, 15) is 18.8 Å². The fourth-order valence-electron chi connectivity index (χ4n) is 2.99. The van der Waals surface area contributed by atoms with E-state index >= 15 is 0 Å². The summed E-state index contributed by atoms with van der Waals surface area (Å²) in [5.74, 6) is -2.18. The molecule has 0 aromatic heterocycles. The summed E-state index contributed by atoms with van der Waals surface area (Å²) >= 11 is 0. The second-order valence-electron chi connectivity index (χ2n) is 5.62. The lowest BCUT2D eigenvalue weighted by molar-refractivity contribution is 0.0750. The lowest BCUT2D eigenvalue weighted by Crippen LogP contribution is -2.30. The van der Waals surface area contributed by atoms with E-state index in [-0.39, 0.29) is 11.1 Å². The van der Waals surface area contributed by atoms with Gasteiger partial charge in [-0.2, -0.15) is 5.26 Å². The highest BCUT2D eigenvalue weighted by atomic mass is 19.1. The van der Waals surface area contributed by atoms with Crippen molar-refractivity contribution in [2.75, 3.05) is 26.2 Å². The van der Waals surface area contributed by atoms with Crippen LogP contribution in [0, 0.1) is 23.0 Å². The standard InChI is InChI=1S/C17H21F2N3O/c1-3-21(4-2)7-5-6-8-22-15(11-20)13-9-12(18)10-14(19)16(13)17(22)23/h9-10,15H,3-8H2,1-2H3. The molecule has 1 heterocycles. The molecule has 1 unspecified atom stereocenters. The smallest absolute Gasteiger partial charge is 0.258 e. The number of unbranched alkanes of at least 4 members (excludes halogenated alkanes) is 1. The number of benzene rings is 1. The van der Waals surface area contributed by atoms with Crippen LogP contribution in [0.25, 0.3) is 0 Å². The molecular weight excluding hydrogens is 300 g/mol. The number of hydrogen-bond donors (Lipinski definition) is 0. The van der Waals surface area contributed by atoms with Gasteiger partial charge in [0.15, 0.2) is 0 Å². The quantitative estimate of drug-likeness (QED) is 0.725. The second-order valence-corrected chi connectivity index (χ2v) is 5.62. The predicted octanol–water partition coefficient (Wildman–Crippen LogP) is 3.11. The average molecular weight is 321 g/mol. The summed E-state index contributed by atoms with van der Waals surface area (Å²) in [5, 5.41) is 9.31. The van der Waals surface area contributed by atoms with Crippen LogP contribution >= 0.6 is 0 Å². The van der Waals surface area contributed by atoms with Gasteiger partial charge in [-0.05, 0) is 38.5 Å². The van der Waals surface area contributed by atoms with Crippen LogP contribution in [-0.4, -0.2) is 41.9 Å². The summed E-state index contributed by atoms with van der Waals surface area (Å²) in [6.07, 6.45) is 1.61. The topological polar surface area (TPSA) is 47.3 Å². The molecule has 1 aromatic carbocycles. The fourth-order valence-corrected chi connectivity index (χ4v) is 2.99. The number of nitrogens with zero attached hydrogens (tertiary/aromatic N) is 3. The maximum Gasteiger partial charge on any atom is 0.258 e. The third-order valence-corrected chi connectivity index (χ3v) is 4.31. The van der Waals surface area contributed by atoms with E-state index in [1.54, 1.807) is 0 Å². The predicted molar refractivity (Wildman–Crippen MR) is 82.8 cm³/mol. The lowest BCUT2D eigenvalue weighted by atomic mass is 10.0. The van der Waals surface area contributed by atoms with Gasteiger partial charge in [-0.1, -0.05) is 13.8 Å². The number of nitriles is 1. The van der Waals surface area contributed by atoms with Crippen molar-refractivity contribution in [3.63, 3.8) is 0 Å². The molecule has 23 heavy (non-hydrogen) atoms. The maximum absolute atomic E-state index is 13.9. The zero-order valence-corrected chi connectivity index (χ0v) is 13.5. The van der Waals surface area contributed by atoms with Crippen LogP contribution in [0.1, 0.15) is 48.7 Å². The SMILES string of the molecule is CCN(CC)CCCCN1C(=O)c2c(F)cc(F)cc2C1C#N. The molecule has 0 radical (unpaired) electrons. The van der Waals surface area contributed by atoms with Crippen LogP contribution in [0.5, 0.6) is 0 Å². The molecule has 6 heteroatoms. The number of hydrogen-bond acceptors (Lipinski definition) is 3. The van der Waals surface area contributed by atoms with Crippen molar-refractivity contribution in [3.8, 4) is 6.07 Å². The van der Waals surface area contributed by atoms with Gasteiger partial charge in [-0.3, -0.25) is 4.79 Å². The monoisotopic (exact) mass is 321 g/mol. The van der Waals surface area contributed by atoms with E-state index in [4.69, 9.17) is 0 Å². The fraction of sp³-hybridized carbons (Fsp3) is 0.529. The summed E-state index contributed by atoms with van der Waals surface area (Å²) < 4.78 is 27.2. The van der Waals surface area contributed by atoms with Gasteiger partial charge < -0.3 is 9.80 Å². The minimum atomic E-state index is -0.906. The van der Waals surface area contributed by atoms with E-state index in [0.29, 0.717) is 12.6 Å². The van der Waals surface area contributed by atoms with Gasteiger partial charge in [0, 0.05) is 18.2 Å². The number of halogens is 2. The molecule has 1 aliphatic rings. The number of fused-ring (bicyclic) bond motifs is 1. The van der Waals surface area contributed by atoms with Gasteiger partial charge in [0.25, 0.3) is 5.91 Å². The van der Waals surface area contributed by atoms with Crippen molar-refractivity contribution in [2.45, 2.75) is 32.7 Å². The van der Waals surface area contributed by atoms with E-state index in [0.717, 1.165) is 38.5 Å². The van der Waals surface area contributed by atoms with Gasteiger partial charge >= 0.3 is 0 Å².